The fourth-order valence-corrected chi connectivity index (χ4v) is 2.84. The Kier molecular flexibility index (Phi) is 12.2. The molecular weight excluding hydrogens is 491 g/mol. The molecule has 0 saturated carbocycles. The van der Waals surface area contributed by atoms with E-state index in [1.54, 1.807) is 14.2 Å². The lowest BCUT2D eigenvalue weighted by atomic mass is 10.1. The van der Waals surface area contributed by atoms with Crippen LogP contribution in [0.5, 0.6) is 11.5 Å². The van der Waals surface area contributed by atoms with Crippen molar-refractivity contribution in [2.75, 3.05) is 47.9 Å². The maximum absolute atomic E-state index is 5.81. The number of likely N-dealkylation sites (N-methyl/N-ethyl adjacent to an activating group) is 1. The molecule has 2 rings (SSSR count). The van der Waals surface area contributed by atoms with Gasteiger partial charge in [-0.3, -0.25) is 4.99 Å². The van der Waals surface area contributed by atoms with E-state index in [9.17, 15) is 0 Å². The van der Waals surface area contributed by atoms with Gasteiger partial charge >= 0.3 is 0 Å². The first kappa shape index (κ1) is 26.0. The first-order valence-electron chi connectivity index (χ1n) is 9.96. The highest BCUT2D eigenvalue weighted by molar-refractivity contribution is 14.0. The van der Waals surface area contributed by atoms with E-state index in [1.165, 1.54) is 5.56 Å². The first-order chi connectivity index (χ1) is 14.0. The Labute approximate surface area is 198 Å². The van der Waals surface area contributed by atoms with E-state index in [0.29, 0.717) is 13.2 Å². The summed E-state index contributed by atoms with van der Waals surface area (Å²) in [5, 5.41) is 6.72. The van der Waals surface area contributed by atoms with E-state index < -0.39 is 0 Å². The molecule has 2 aromatic carbocycles. The third kappa shape index (κ3) is 9.21. The minimum atomic E-state index is 0. The SMILES string of the molecule is CN=C(NCCc1ccc(C)c(OC)c1)NCc1cccc(OCCN(C)C)c1.I. The number of nitrogens with one attached hydrogen (secondary N) is 2. The molecule has 0 unspecified atom stereocenters. The Morgan fingerprint density at radius 3 is 2.57 bits per heavy atom. The Morgan fingerprint density at radius 2 is 1.87 bits per heavy atom. The normalized spacial score (nSPS) is 11.1. The van der Waals surface area contributed by atoms with Crippen molar-refractivity contribution in [3.63, 3.8) is 0 Å². The number of aliphatic imine (C=N–C) groups is 1. The van der Waals surface area contributed by atoms with Gasteiger partial charge in [-0.05, 0) is 62.3 Å². The number of aryl methyl sites for hydroxylation is 1. The molecule has 0 aliphatic heterocycles. The molecule has 30 heavy (non-hydrogen) atoms. The highest BCUT2D eigenvalue weighted by Gasteiger charge is 2.03. The predicted octanol–water partition coefficient (Wildman–Crippen LogP) is 3.47. The molecule has 0 heterocycles. The molecule has 166 valence electrons. The zero-order valence-corrected chi connectivity index (χ0v) is 21.0. The lowest BCUT2D eigenvalue weighted by Crippen LogP contribution is -2.37. The second-order valence-electron chi connectivity index (χ2n) is 7.21. The van der Waals surface area contributed by atoms with Gasteiger partial charge in [0.2, 0.25) is 0 Å². The molecule has 0 aromatic heterocycles. The van der Waals surface area contributed by atoms with Crippen LogP contribution in [0.25, 0.3) is 0 Å². The van der Waals surface area contributed by atoms with Gasteiger partial charge in [0.1, 0.15) is 18.1 Å². The summed E-state index contributed by atoms with van der Waals surface area (Å²) in [6.07, 6.45) is 0.895. The number of hydrogen-bond donors (Lipinski definition) is 2. The molecule has 2 aromatic rings. The molecule has 0 bridgehead atoms. The third-order valence-electron chi connectivity index (χ3n) is 4.57. The molecule has 6 nitrogen and oxygen atoms in total. The van der Waals surface area contributed by atoms with Gasteiger partial charge in [-0.25, -0.2) is 0 Å². The fraction of sp³-hybridized carbons (Fsp3) is 0.435. The van der Waals surface area contributed by atoms with E-state index in [-0.39, 0.29) is 24.0 Å². The third-order valence-corrected chi connectivity index (χ3v) is 4.57. The molecule has 0 saturated heterocycles. The molecule has 0 radical (unpaired) electrons. The van der Waals surface area contributed by atoms with Crippen LogP contribution in [0.15, 0.2) is 47.5 Å². The molecule has 0 aliphatic carbocycles. The summed E-state index contributed by atoms with van der Waals surface area (Å²) in [5.41, 5.74) is 3.53. The number of ether oxygens (including phenoxy) is 2. The van der Waals surface area contributed by atoms with Crippen LogP contribution < -0.4 is 20.1 Å². The Bertz CT molecular complexity index is 797. The minimum absolute atomic E-state index is 0. The van der Waals surface area contributed by atoms with Crippen molar-refractivity contribution >= 4 is 29.9 Å². The average Bonchev–Trinajstić information content (AvgIpc) is 2.71. The molecule has 0 atom stereocenters. The van der Waals surface area contributed by atoms with Crippen LogP contribution in [0.3, 0.4) is 0 Å². The minimum Gasteiger partial charge on any atom is -0.496 e. The fourth-order valence-electron chi connectivity index (χ4n) is 2.84. The average molecular weight is 526 g/mol. The number of benzene rings is 2. The van der Waals surface area contributed by atoms with Crippen molar-refractivity contribution < 1.29 is 9.47 Å². The lowest BCUT2D eigenvalue weighted by molar-refractivity contribution is 0.261. The summed E-state index contributed by atoms with van der Waals surface area (Å²) in [4.78, 5) is 6.41. The van der Waals surface area contributed by atoms with Gasteiger partial charge in [0.25, 0.3) is 0 Å². The number of guanidine groups is 1. The quantitative estimate of drug-likeness (QED) is 0.282. The number of rotatable bonds is 10. The number of hydrogen-bond acceptors (Lipinski definition) is 4. The second kappa shape index (κ2) is 14.1. The van der Waals surface area contributed by atoms with Crippen LogP contribution in [0.1, 0.15) is 16.7 Å². The van der Waals surface area contributed by atoms with E-state index in [1.807, 2.05) is 26.2 Å². The molecule has 2 N–H and O–H groups in total. The zero-order chi connectivity index (χ0) is 21.1. The first-order valence-corrected chi connectivity index (χ1v) is 9.96. The van der Waals surface area contributed by atoms with Crippen molar-refractivity contribution in [2.24, 2.45) is 4.99 Å². The number of halogens is 1. The lowest BCUT2D eigenvalue weighted by Gasteiger charge is -2.14. The van der Waals surface area contributed by atoms with Gasteiger partial charge in [-0.1, -0.05) is 24.3 Å². The second-order valence-corrected chi connectivity index (χ2v) is 7.21. The van der Waals surface area contributed by atoms with Gasteiger partial charge in [-0.15, -0.1) is 24.0 Å². The van der Waals surface area contributed by atoms with Crippen LogP contribution in [-0.4, -0.2) is 58.8 Å². The maximum atomic E-state index is 5.81. The number of nitrogens with zero attached hydrogens (tertiary/aromatic N) is 2. The largest absolute Gasteiger partial charge is 0.496 e. The Balaban J connectivity index is 0.00000450. The zero-order valence-electron chi connectivity index (χ0n) is 18.7. The molecular formula is C23H35IN4O2. The highest BCUT2D eigenvalue weighted by atomic mass is 127. The monoisotopic (exact) mass is 526 g/mol. The molecule has 0 amide bonds. The van der Waals surface area contributed by atoms with Gasteiger partial charge in [0.05, 0.1) is 7.11 Å². The summed E-state index contributed by atoms with van der Waals surface area (Å²) >= 11 is 0. The van der Waals surface area contributed by atoms with Crippen LogP contribution >= 0.6 is 24.0 Å². The molecule has 0 aliphatic rings. The van der Waals surface area contributed by atoms with Crippen molar-refractivity contribution in [3.05, 3.63) is 59.2 Å². The van der Waals surface area contributed by atoms with Crippen LogP contribution in [-0.2, 0) is 13.0 Å². The summed E-state index contributed by atoms with van der Waals surface area (Å²) in [6, 6.07) is 14.5. The Morgan fingerprint density at radius 1 is 1.07 bits per heavy atom. The topological polar surface area (TPSA) is 58.1 Å². The van der Waals surface area contributed by atoms with Crippen molar-refractivity contribution in [2.45, 2.75) is 19.9 Å². The van der Waals surface area contributed by atoms with Crippen molar-refractivity contribution in [1.29, 1.82) is 0 Å². The predicted molar refractivity (Wildman–Crippen MR) is 136 cm³/mol. The summed E-state index contributed by atoms with van der Waals surface area (Å²) in [5.74, 6) is 2.60. The summed E-state index contributed by atoms with van der Waals surface area (Å²) in [6.45, 7) is 5.10. The smallest absolute Gasteiger partial charge is 0.191 e. The molecule has 7 heteroatoms. The van der Waals surface area contributed by atoms with Crippen molar-refractivity contribution in [1.82, 2.24) is 15.5 Å². The summed E-state index contributed by atoms with van der Waals surface area (Å²) < 4.78 is 11.2. The highest BCUT2D eigenvalue weighted by Crippen LogP contribution is 2.19. The van der Waals surface area contributed by atoms with E-state index in [0.717, 1.165) is 48.1 Å². The van der Waals surface area contributed by atoms with Crippen LogP contribution in [0.2, 0.25) is 0 Å². The van der Waals surface area contributed by atoms with Gasteiger partial charge < -0.3 is 25.0 Å². The van der Waals surface area contributed by atoms with E-state index in [4.69, 9.17) is 9.47 Å². The van der Waals surface area contributed by atoms with Crippen molar-refractivity contribution in [3.8, 4) is 11.5 Å². The molecule has 0 spiro atoms. The van der Waals surface area contributed by atoms with Crippen LogP contribution in [0.4, 0.5) is 0 Å². The van der Waals surface area contributed by atoms with E-state index >= 15 is 0 Å². The Hall–Kier alpha value is -2.00. The maximum Gasteiger partial charge on any atom is 0.191 e. The standard InChI is InChI=1S/C23H34N4O2.HI/c1-18-9-10-19(16-22(18)28-5)11-12-25-23(24-2)26-17-20-7-6-8-21(15-20)29-14-13-27(3)4;/h6-10,15-16H,11-14,17H2,1-5H3,(H2,24,25,26);1H. The van der Waals surface area contributed by atoms with E-state index in [2.05, 4.69) is 57.8 Å². The van der Waals surface area contributed by atoms with Gasteiger partial charge in [0.15, 0.2) is 5.96 Å². The van der Waals surface area contributed by atoms with Gasteiger partial charge in [-0.2, -0.15) is 0 Å². The van der Waals surface area contributed by atoms with Gasteiger partial charge in [0, 0.05) is 26.7 Å². The van der Waals surface area contributed by atoms with Crippen LogP contribution in [0, 0.1) is 6.92 Å². The molecule has 0 fully saturated rings. The number of methoxy groups -OCH3 is 1. The summed E-state index contributed by atoms with van der Waals surface area (Å²) in [7, 11) is 7.57.